The maximum atomic E-state index is 11.8. The molecular formula is C13H19ClN4O3. The summed E-state index contributed by atoms with van der Waals surface area (Å²) < 4.78 is 5.17. The van der Waals surface area contributed by atoms with E-state index in [0.29, 0.717) is 18.8 Å². The molecule has 2 N–H and O–H groups in total. The van der Waals surface area contributed by atoms with Crippen molar-refractivity contribution in [2.24, 2.45) is 0 Å². The Morgan fingerprint density at radius 2 is 2.19 bits per heavy atom. The van der Waals surface area contributed by atoms with Gasteiger partial charge in [0.2, 0.25) is 0 Å². The number of anilines is 1. The molecule has 0 atom stereocenters. The number of amides is 1. The van der Waals surface area contributed by atoms with Gasteiger partial charge in [0.15, 0.2) is 0 Å². The molecule has 0 aliphatic carbocycles. The van der Waals surface area contributed by atoms with Crippen LogP contribution < -0.4 is 10.9 Å². The molecule has 1 saturated heterocycles. The molecule has 8 heteroatoms. The number of piperidine rings is 1. The van der Waals surface area contributed by atoms with Gasteiger partial charge in [0.05, 0.1) is 18.0 Å². The van der Waals surface area contributed by atoms with Crippen LogP contribution in [0.1, 0.15) is 26.7 Å². The van der Waals surface area contributed by atoms with Gasteiger partial charge in [0.25, 0.3) is 5.56 Å². The third-order valence-electron chi connectivity index (χ3n) is 3.24. The van der Waals surface area contributed by atoms with Crippen LogP contribution in [0.3, 0.4) is 0 Å². The Labute approximate surface area is 127 Å². The number of aromatic amines is 1. The van der Waals surface area contributed by atoms with E-state index in [1.165, 1.54) is 6.20 Å². The molecule has 1 aliphatic heterocycles. The zero-order chi connectivity index (χ0) is 15.4. The van der Waals surface area contributed by atoms with Crippen molar-refractivity contribution in [3.05, 3.63) is 21.6 Å². The molecule has 1 fully saturated rings. The highest BCUT2D eigenvalue weighted by Gasteiger charge is 2.24. The second-order valence-corrected chi connectivity index (χ2v) is 5.64. The van der Waals surface area contributed by atoms with E-state index in [0.717, 1.165) is 12.8 Å². The summed E-state index contributed by atoms with van der Waals surface area (Å²) in [6.45, 7) is 4.87. The number of nitrogens with zero attached hydrogens (tertiary/aromatic N) is 2. The fourth-order valence-corrected chi connectivity index (χ4v) is 2.33. The minimum atomic E-state index is -0.417. The Morgan fingerprint density at radius 1 is 1.52 bits per heavy atom. The van der Waals surface area contributed by atoms with Crippen molar-refractivity contribution in [3.8, 4) is 0 Å². The zero-order valence-corrected chi connectivity index (χ0v) is 12.8. The molecular weight excluding hydrogens is 296 g/mol. The minimum absolute atomic E-state index is 0.103. The van der Waals surface area contributed by atoms with Crippen LogP contribution >= 0.6 is 11.6 Å². The summed E-state index contributed by atoms with van der Waals surface area (Å²) in [5, 5.41) is 9.29. The van der Waals surface area contributed by atoms with E-state index in [1.54, 1.807) is 4.90 Å². The predicted molar refractivity (Wildman–Crippen MR) is 79.7 cm³/mol. The van der Waals surface area contributed by atoms with Gasteiger partial charge in [-0.2, -0.15) is 5.10 Å². The molecule has 116 valence electrons. The average Bonchev–Trinajstić information content (AvgIpc) is 2.44. The quantitative estimate of drug-likeness (QED) is 0.889. The van der Waals surface area contributed by atoms with Crippen molar-refractivity contribution in [2.45, 2.75) is 38.8 Å². The van der Waals surface area contributed by atoms with Crippen molar-refractivity contribution in [1.82, 2.24) is 15.1 Å². The third kappa shape index (κ3) is 4.10. The van der Waals surface area contributed by atoms with E-state index < -0.39 is 5.56 Å². The number of ether oxygens (including phenoxy) is 1. The van der Waals surface area contributed by atoms with Crippen molar-refractivity contribution >= 4 is 23.4 Å². The molecule has 0 radical (unpaired) electrons. The van der Waals surface area contributed by atoms with Gasteiger partial charge in [-0.25, -0.2) is 9.89 Å². The van der Waals surface area contributed by atoms with Crippen molar-refractivity contribution in [3.63, 3.8) is 0 Å². The van der Waals surface area contributed by atoms with Gasteiger partial charge < -0.3 is 15.0 Å². The van der Waals surface area contributed by atoms with E-state index >= 15 is 0 Å². The SMILES string of the molecule is CC(C)OC(=O)N1CCC(Nc2cn[nH]c(=O)c2Cl)CC1. The van der Waals surface area contributed by atoms with Crippen LogP contribution in [0.15, 0.2) is 11.0 Å². The lowest BCUT2D eigenvalue weighted by Gasteiger charge is -2.32. The molecule has 1 amide bonds. The van der Waals surface area contributed by atoms with Crippen LogP contribution in [0, 0.1) is 0 Å². The molecule has 7 nitrogen and oxygen atoms in total. The molecule has 1 aromatic heterocycles. The second kappa shape index (κ2) is 6.80. The first-order valence-corrected chi connectivity index (χ1v) is 7.30. The largest absolute Gasteiger partial charge is 0.447 e. The molecule has 21 heavy (non-hydrogen) atoms. The Bertz CT molecular complexity index is 553. The molecule has 0 aromatic carbocycles. The molecule has 2 rings (SSSR count). The maximum Gasteiger partial charge on any atom is 0.410 e. The lowest BCUT2D eigenvalue weighted by atomic mass is 10.1. The summed E-state index contributed by atoms with van der Waals surface area (Å²) in [7, 11) is 0. The van der Waals surface area contributed by atoms with Gasteiger partial charge in [-0.3, -0.25) is 4.79 Å². The fourth-order valence-electron chi connectivity index (χ4n) is 2.19. The molecule has 0 saturated carbocycles. The third-order valence-corrected chi connectivity index (χ3v) is 3.62. The first-order chi connectivity index (χ1) is 9.97. The Kier molecular flexibility index (Phi) is 5.06. The van der Waals surface area contributed by atoms with Gasteiger partial charge in [0.1, 0.15) is 5.02 Å². The highest BCUT2D eigenvalue weighted by atomic mass is 35.5. The van der Waals surface area contributed by atoms with E-state index in [4.69, 9.17) is 16.3 Å². The van der Waals surface area contributed by atoms with Gasteiger partial charge >= 0.3 is 6.09 Å². The van der Waals surface area contributed by atoms with Crippen molar-refractivity contribution < 1.29 is 9.53 Å². The zero-order valence-electron chi connectivity index (χ0n) is 12.1. The van der Waals surface area contributed by atoms with Crippen LogP contribution in [0.5, 0.6) is 0 Å². The number of likely N-dealkylation sites (tertiary alicyclic amines) is 1. The van der Waals surface area contributed by atoms with E-state index in [2.05, 4.69) is 15.5 Å². The van der Waals surface area contributed by atoms with Crippen molar-refractivity contribution in [1.29, 1.82) is 0 Å². The number of carbonyl (C=O) groups excluding carboxylic acids is 1. The van der Waals surface area contributed by atoms with Gasteiger partial charge in [-0.15, -0.1) is 0 Å². The first kappa shape index (κ1) is 15.6. The lowest BCUT2D eigenvalue weighted by Crippen LogP contribution is -2.43. The van der Waals surface area contributed by atoms with Gasteiger partial charge in [-0.05, 0) is 26.7 Å². The molecule has 1 aromatic rings. The second-order valence-electron chi connectivity index (χ2n) is 5.26. The number of nitrogens with one attached hydrogen (secondary N) is 2. The summed E-state index contributed by atoms with van der Waals surface area (Å²) in [5.41, 5.74) is 0.100. The highest BCUT2D eigenvalue weighted by molar-refractivity contribution is 6.32. The number of rotatable bonds is 3. The number of H-pyrrole nitrogens is 1. The fraction of sp³-hybridized carbons (Fsp3) is 0.615. The van der Waals surface area contributed by atoms with Crippen LogP contribution in [0.2, 0.25) is 5.02 Å². The summed E-state index contributed by atoms with van der Waals surface area (Å²) in [5.74, 6) is 0. The van der Waals surface area contributed by atoms with Crippen LogP contribution in [0.4, 0.5) is 10.5 Å². The van der Waals surface area contributed by atoms with Crippen LogP contribution in [-0.2, 0) is 4.74 Å². The molecule has 2 heterocycles. The first-order valence-electron chi connectivity index (χ1n) is 6.92. The summed E-state index contributed by atoms with van der Waals surface area (Å²) in [4.78, 5) is 24.8. The Balaban J connectivity index is 1.88. The normalized spacial score (nSPS) is 16.1. The van der Waals surface area contributed by atoms with E-state index in [-0.39, 0.29) is 23.3 Å². The van der Waals surface area contributed by atoms with E-state index in [9.17, 15) is 9.59 Å². The standard InChI is InChI=1S/C13H19ClN4O3/c1-8(2)21-13(20)18-5-3-9(4-6-18)16-10-7-15-17-12(19)11(10)14/h7-9H,3-6H2,1-2H3,(H2,16,17,19). The van der Waals surface area contributed by atoms with Gasteiger partial charge in [-0.1, -0.05) is 11.6 Å². The average molecular weight is 315 g/mol. The molecule has 0 unspecified atom stereocenters. The molecule has 0 spiro atoms. The predicted octanol–water partition coefficient (Wildman–Crippen LogP) is 1.84. The lowest BCUT2D eigenvalue weighted by molar-refractivity contribution is 0.0701. The summed E-state index contributed by atoms with van der Waals surface area (Å²) in [6, 6.07) is 0.147. The number of carbonyl (C=O) groups is 1. The van der Waals surface area contributed by atoms with Crippen molar-refractivity contribution in [2.75, 3.05) is 18.4 Å². The number of hydrogen-bond acceptors (Lipinski definition) is 5. The Morgan fingerprint density at radius 3 is 2.81 bits per heavy atom. The molecule has 0 bridgehead atoms. The number of hydrogen-bond donors (Lipinski definition) is 2. The summed E-state index contributed by atoms with van der Waals surface area (Å²) in [6.07, 6.45) is 2.61. The van der Waals surface area contributed by atoms with E-state index in [1.807, 2.05) is 13.8 Å². The topological polar surface area (TPSA) is 87.3 Å². The minimum Gasteiger partial charge on any atom is -0.447 e. The molecule has 1 aliphatic rings. The number of aromatic nitrogens is 2. The summed E-state index contributed by atoms with van der Waals surface area (Å²) >= 11 is 5.92. The highest BCUT2D eigenvalue weighted by Crippen LogP contribution is 2.20. The van der Waals surface area contributed by atoms with Crippen LogP contribution in [-0.4, -0.2) is 46.4 Å². The van der Waals surface area contributed by atoms with Crippen LogP contribution in [0.25, 0.3) is 0 Å². The maximum absolute atomic E-state index is 11.8. The Hall–Kier alpha value is -1.76. The van der Waals surface area contributed by atoms with Gasteiger partial charge in [0, 0.05) is 19.1 Å². The number of halogens is 1. The monoisotopic (exact) mass is 314 g/mol. The smallest absolute Gasteiger partial charge is 0.410 e.